The predicted molar refractivity (Wildman–Crippen MR) is 208 cm³/mol. The van der Waals surface area contributed by atoms with Crippen molar-refractivity contribution in [2.24, 2.45) is 5.92 Å². The molecular formula is C38H42FN3O10S3. The topological polar surface area (TPSA) is 202 Å². The molecule has 0 fully saturated rings. The summed E-state index contributed by atoms with van der Waals surface area (Å²) in [5, 5.41) is 12.1. The molecule has 0 unspecified atom stereocenters. The smallest absolute Gasteiger partial charge is 0.336 e. The van der Waals surface area contributed by atoms with Gasteiger partial charge in [0.15, 0.2) is 0 Å². The number of carboxylic acids is 1. The van der Waals surface area contributed by atoms with Gasteiger partial charge in [-0.3, -0.25) is 18.5 Å². The molecule has 0 aliphatic rings. The summed E-state index contributed by atoms with van der Waals surface area (Å²) in [6.07, 6.45) is 1.27. The summed E-state index contributed by atoms with van der Waals surface area (Å²) in [6, 6.07) is 19.1. The van der Waals surface area contributed by atoms with Crippen LogP contribution in [0.15, 0.2) is 88.7 Å². The van der Waals surface area contributed by atoms with Crippen LogP contribution in [0, 0.1) is 11.7 Å². The zero-order chi connectivity index (χ0) is 40.7. The van der Waals surface area contributed by atoms with Crippen LogP contribution in [-0.2, 0) is 44.5 Å². The van der Waals surface area contributed by atoms with Crippen molar-refractivity contribution in [1.82, 2.24) is 14.9 Å². The lowest BCUT2D eigenvalue weighted by molar-refractivity contribution is -0.121. The second-order valence-electron chi connectivity index (χ2n) is 12.7. The molecule has 55 heavy (non-hydrogen) atoms. The molecule has 0 spiro atoms. The first-order valence-corrected chi connectivity index (χ1v) is 20.5. The molecule has 0 aliphatic heterocycles. The van der Waals surface area contributed by atoms with Crippen LogP contribution >= 0.6 is 12.6 Å². The molecule has 5 aromatic rings. The second kappa shape index (κ2) is 18.2. The second-order valence-corrected chi connectivity index (χ2v) is 16.1. The molecular weight excluding hydrogens is 774 g/mol. The van der Waals surface area contributed by atoms with E-state index in [1.807, 2.05) is 27.7 Å². The van der Waals surface area contributed by atoms with Gasteiger partial charge in [0.05, 0.1) is 41.9 Å². The van der Waals surface area contributed by atoms with Gasteiger partial charge in [0, 0.05) is 16.3 Å². The Labute approximate surface area is 324 Å². The highest BCUT2D eigenvalue weighted by atomic mass is 32.2. The fourth-order valence-electron chi connectivity index (χ4n) is 5.87. The SMILES string of the molecule is CCOc1nc(CC)c(CNC(=O)[C@@H](S)CC(C)C)n1Cc1ccc(-c2ccccc2C(=O)O)cc1F.O=S(=O)(O)c1cccc2c(S(=O)(=O)O)cccc12. The Morgan fingerprint density at radius 1 is 0.909 bits per heavy atom. The van der Waals surface area contributed by atoms with Gasteiger partial charge < -0.3 is 15.2 Å². The van der Waals surface area contributed by atoms with E-state index in [2.05, 4.69) is 22.9 Å². The number of amides is 1. The van der Waals surface area contributed by atoms with Crippen molar-refractivity contribution in [3.8, 4) is 17.1 Å². The van der Waals surface area contributed by atoms with Gasteiger partial charge in [-0.15, -0.1) is 0 Å². The summed E-state index contributed by atoms with van der Waals surface area (Å²) < 4.78 is 85.5. The number of carbonyl (C=O) groups excluding carboxylic acids is 1. The van der Waals surface area contributed by atoms with Gasteiger partial charge in [-0.1, -0.05) is 75.4 Å². The minimum absolute atomic E-state index is 0.0233. The van der Waals surface area contributed by atoms with Crippen LogP contribution in [0.4, 0.5) is 4.39 Å². The summed E-state index contributed by atoms with van der Waals surface area (Å²) in [5.74, 6) is -1.38. The fraction of sp³-hybridized carbons (Fsp3) is 0.289. The minimum atomic E-state index is -4.47. The van der Waals surface area contributed by atoms with Crippen LogP contribution in [0.25, 0.3) is 21.9 Å². The summed E-state index contributed by atoms with van der Waals surface area (Å²) in [5.41, 5.74) is 2.91. The molecule has 0 radical (unpaired) electrons. The molecule has 1 amide bonds. The quantitative estimate of drug-likeness (QED) is 0.0591. The van der Waals surface area contributed by atoms with E-state index in [0.29, 0.717) is 48.1 Å². The van der Waals surface area contributed by atoms with Crippen LogP contribution < -0.4 is 10.1 Å². The first-order chi connectivity index (χ1) is 25.9. The third kappa shape index (κ3) is 10.7. The fourth-order valence-corrected chi connectivity index (χ4v) is 7.80. The average molecular weight is 816 g/mol. The molecule has 0 saturated carbocycles. The number of fused-ring (bicyclic) bond motifs is 1. The van der Waals surface area contributed by atoms with E-state index in [0.717, 1.165) is 23.5 Å². The highest BCUT2D eigenvalue weighted by Gasteiger charge is 2.23. The number of nitrogens with zero attached hydrogens (tertiary/aromatic N) is 2. The highest BCUT2D eigenvalue weighted by Crippen LogP contribution is 2.29. The van der Waals surface area contributed by atoms with Crippen molar-refractivity contribution in [3.63, 3.8) is 0 Å². The zero-order valence-electron chi connectivity index (χ0n) is 30.4. The van der Waals surface area contributed by atoms with E-state index in [4.69, 9.17) is 13.8 Å². The van der Waals surface area contributed by atoms with E-state index in [9.17, 15) is 31.5 Å². The Bertz CT molecular complexity index is 2340. The number of nitrogens with one attached hydrogen (secondary N) is 1. The van der Waals surface area contributed by atoms with Gasteiger partial charge in [0.2, 0.25) is 5.91 Å². The van der Waals surface area contributed by atoms with Crippen LogP contribution in [0.1, 0.15) is 61.4 Å². The van der Waals surface area contributed by atoms with E-state index in [-0.39, 0.29) is 35.3 Å². The number of carboxylic acid groups (broad SMARTS) is 1. The van der Waals surface area contributed by atoms with Gasteiger partial charge in [-0.2, -0.15) is 34.4 Å². The molecule has 0 bridgehead atoms. The number of aryl methyl sites for hydroxylation is 1. The third-order valence-corrected chi connectivity index (χ3v) is 10.7. The molecule has 13 nitrogen and oxygen atoms in total. The predicted octanol–water partition coefficient (Wildman–Crippen LogP) is 6.69. The van der Waals surface area contributed by atoms with Gasteiger partial charge in [-0.25, -0.2) is 9.18 Å². The number of ether oxygens (including phenoxy) is 1. The molecule has 1 heterocycles. The van der Waals surface area contributed by atoms with Crippen LogP contribution in [0.3, 0.4) is 0 Å². The Balaban J connectivity index is 0.000000311. The maximum absolute atomic E-state index is 15.3. The molecule has 4 N–H and O–H groups in total. The molecule has 0 saturated heterocycles. The standard InChI is InChI=1S/C28H34FN3O4S.C10H8O6S2/c1-5-23-24(15-30-26(33)25(37)13-17(3)4)32(28(31-23)36-6-2)16-19-12-11-18(14-22(19)29)20-9-7-8-10-21(20)27(34)35;11-17(12,13)9-5-1-3-7-8(9)4-2-6-10(7)18(14,15)16/h7-12,14,17,25,37H,5-6,13,15-16H2,1-4H3,(H,30,33)(H,34,35);1-6H,(H,11,12,13)(H,14,15,16)/t25-;/m0./s1. The summed E-state index contributed by atoms with van der Waals surface area (Å²) in [6.45, 7) is 8.61. The molecule has 17 heteroatoms. The van der Waals surface area contributed by atoms with Gasteiger partial charge >= 0.3 is 5.97 Å². The van der Waals surface area contributed by atoms with E-state index in [1.165, 1.54) is 36.4 Å². The Hall–Kier alpha value is -4.81. The Morgan fingerprint density at radius 3 is 2.02 bits per heavy atom. The lowest BCUT2D eigenvalue weighted by atomic mass is 9.98. The zero-order valence-corrected chi connectivity index (χ0v) is 33.0. The number of imidazole rings is 1. The van der Waals surface area contributed by atoms with Crippen molar-refractivity contribution in [2.75, 3.05) is 6.61 Å². The number of aromatic carboxylic acids is 1. The monoisotopic (exact) mass is 815 g/mol. The number of thiol groups is 1. The van der Waals surface area contributed by atoms with Crippen molar-refractivity contribution < 1.29 is 49.8 Å². The maximum atomic E-state index is 15.3. The molecule has 1 aromatic heterocycles. The number of hydrogen-bond donors (Lipinski definition) is 5. The molecule has 294 valence electrons. The van der Waals surface area contributed by atoms with Crippen molar-refractivity contribution in [3.05, 3.63) is 107 Å². The Kier molecular flexibility index (Phi) is 14.2. The van der Waals surface area contributed by atoms with E-state index < -0.39 is 47.1 Å². The number of benzene rings is 4. The van der Waals surface area contributed by atoms with E-state index in [1.54, 1.807) is 34.9 Å². The first kappa shape index (κ1) is 42.9. The lowest BCUT2D eigenvalue weighted by Crippen LogP contribution is -2.32. The summed E-state index contributed by atoms with van der Waals surface area (Å²) >= 11 is 4.43. The lowest BCUT2D eigenvalue weighted by Gasteiger charge is -2.16. The molecule has 1 atom stereocenters. The third-order valence-electron chi connectivity index (χ3n) is 8.40. The average Bonchev–Trinajstić information content (AvgIpc) is 3.45. The molecule has 0 aliphatic carbocycles. The normalized spacial score (nSPS) is 12.2. The summed E-state index contributed by atoms with van der Waals surface area (Å²) in [7, 11) is -8.94. The first-order valence-electron chi connectivity index (χ1n) is 17.1. The van der Waals surface area contributed by atoms with Gasteiger partial charge in [0.1, 0.15) is 15.6 Å². The largest absolute Gasteiger partial charge is 0.478 e. The van der Waals surface area contributed by atoms with Crippen molar-refractivity contribution in [2.45, 2.75) is 68.7 Å². The highest BCUT2D eigenvalue weighted by molar-refractivity contribution is 7.86. The molecule has 5 rings (SSSR count). The van der Waals surface area contributed by atoms with Crippen molar-refractivity contribution in [1.29, 1.82) is 0 Å². The van der Waals surface area contributed by atoms with Gasteiger partial charge in [-0.05, 0) is 61.1 Å². The van der Waals surface area contributed by atoms with Crippen LogP contribution in [-0.4, -0.2) is 64.3 Å². The molecule has 4 aromatic carbocycles. The number of carbonyl (C=O) groups is 2. The van der Waals surface area contributed by atoms with Crippen LogP contribution in [0.5, 0.6) is 6.01 Å². The maximum Gasteiger partial charge on any atom is 0.336 e. The van der Waals surface area contributed by atoms with Crippen molar-refractivity contribution >= 4 is 55.5 Å². The summed E-state index contributed by atoms with van der Waals surface area (Å²) in [4.78, 5) is 28.0. The van der Waals surface area contributed by atoms with Gasteiger partial charge in [0.25, 0.3) is 26.2 Å². The number of halogens is 1. The minimum Gasteiger partial charge on any atom is -0.478 e. The number of aromatic nitrogens is 2. The van der Waals surface area contributed by atoms with E-state index >= 15 is 4.39 Å². The number of rotatable bonds is 14. The number of hydrogen-bond acceptors (Lipinski definition) is 9. The van der Waals surface area contributed by atoms with Crippen LogP contribution in [0.2, 0.25) is 0 Å². The Morgan fingerprint density at radius 2 is 1.51 bits per heavy atom.